The number of benzene rings is 3. The molecule has 3 aromatic carbocycles. The summed E-state index contributed by atoms with van der Waals surface area (Å²) in [4.78, 5) is 6.87. The quantitative estimate of drug-likeness (QED) is 0.375. The lowest BCUT2D eigenvalue weighted by Crippen LogP contribution is -2.38. The number of para-hydroxylation sites is 2. The number of sulfonamides is 1. The Bertz CT molecular complexity index is 1250. The van der Waals surface area contributed by atoms with Crippen molar-refractivity contribution in [3.05, 3.63) is 82.8 Å². The molecule has 0 amide bonds. The molecule has 0 saturated carbocycles. The number of nitrogens with zero attached hydrogens (tertiary/aromatic N) is 4. The summed E-state index contributed by atoms with van der Waals surface area (Å²) in [6.45, 7) is 4.29. The average Bonchev–Trinajstić information content (AvgIpc) is 3.11. The summed E-state index contributed by atoms with van der Waals surface area (Å²) >= 11 is 12.1. The van der Waals surface area contributed by atoms with Gasteiger partial charge in [-0.3, -0.25) is 4.31 Å². The number of hydrogen-bond acceptors (Lipinski definition) is 5. The minimum Gasteiger partial charge on any atom is -0.370 e. The molecule has 36 heavy (non-hydrogen) atoms. The summed E-state index contributed by atoms with van der Waals surface area (Å²) in [5, 5.41) is 1.23. The highest BCUT2D eigenvalue weighted by atomic mass is 35.5. The molecule has 0 aromatic heterocycles. The molecule has 1 saturated heterocycles. The molecule has 0 atom stereocenters. The first-order valence-electron chi connectivity index (χ1n) is 12.0. The molecular weight excluding hydrogens is 515 g/mol. The van der Waals surface area contributed by atoms with Crippen LogP contribution in [-0.4, -0.2) is 66.7 Å². The van der Waals surface area contributed by atoms with Gasteiger partial charge in [0.1, 0.15) is 0 Å². The Labute approximate surface area is 224 Å². The Kier molecular flexibility index (Phi) is 8.67. The van der Waals surface area contributed by atoms with Crippen molar-refractivity contribution >= 4 is 50.3 Å². The zero-order valence-electron chi connectivity index (χ0n) is 20.6. The third-order valence-corrected chi connectivity index (χ3v) is 8.66. The number of halogens is 2. The van der Waals surface area contributed by atoms with Crippen molar-refractivity contribution in [1.82, 2.24) is 4.90 Å². The Morgan fingerprint density at radius 2 is 1.33 bits per heavy atom. The van der Waals surface area contributed by atoms with Crippen LogP contribution in [0, 0.1) is 0 Å². The maximum atomic E-state index is 13.9. The van der Waals surface area contributed by atoms with Crippen molar-refractivity contribution in [2.45, 2.75) is 11.3 Å². The molecule has 3 aromatic rings. The molecule has 0 aliphatic carbocycles. The molecule has 0 N–H and O–H groups in total. The average molecular weight is 548 g/mol. The van der Waals surface area contributed by atoms with Gasteiger partial charge in [-0.15, -0.1) is 0 Å². The normalized spacial score (nSPS) is 14.7. The van der Waals surface area contributed by atoms with Gasteiger partial charge in [0, 0.05) is 55.0 Å². The topological polar surface area (TPSA) is 47.1 Å². The van der Waals surface area contributed by atoms with Gasteiger partial charge in [0.25, 0.3) is 10.0 Å². The lowest BCUT2D eigenvalue weighted by Gasteiger charge is -2.32. The predicted molar refractivity (Wildman–Crippen MR) is 151 cm³/mol. The molecule has 0 spiro atoms. The van der Waals surface area contributed by atoms with Crippen LogP contribution in [0.2, 0.25) is 10.0 Å². The van der Waals surface area contributed by atoms with Gasteiger partial charge in [-0.25, -0.2) is 8.42 Å². The fourth-order valence-electron chi connectivity index (χ4n) is 4.41. The molecule has 192 valence electrons. The predicted octanol–water partition coefficient (Wildman–Crippen LogP) is 5.47. The van der Waals surface area contributed by atoms with Gasteiger partial charge in [0.15, 0.2) is 0 Å². The van der Waals surface area contributed by atoms with Gasteiger partial charge >= 0.3 is 0 Å². The van der Waals surface area contributed by atoms with E-state index in [0.717, 1.165) is 49.0 Å². The maximum absolute atomic E-state index is 13.9. The first-order chi connectivity index (χ1) is 17.3. The first-order valence-corrected chi connectivity index (χ1v) is 14.2. The van der Waals surface area contributed by atoms with E-state index in [9.17, 15) is 8.42 Å². The Morgan fingerprint density at radius 3 is 2.00 bits per heavy atom. The maximum Gasteiger partial charge on any atom is 0.264 e. The monoisotopic (exact) mass is 546 g/mol. The molecular formula is C27H32Cl2N4O2S. The van der Waals surface area contributed by atoms with E-state index in [2.05, 4.69) is 9.80 Å². The van der Waals surface area contributed by atoms with Crippen molar-refractivity contribution in [2.75, 3.05) is 67.5 Å². The fourth-order valence-corrected chi connectivity index (χ4v) is 6.13. The van der Waals surface area contributed by atoms with Crippen molar-refractivity contribution in [3.63, 3.8) is 0 Å². The van der Waals surface area contributed by atoms with E-state index in [1.54, 1.807) is 24.3 Å². The van der Waals surface area contributed by atoms with Crippen LogP contribution in [-0.2, 0) is 10.0 Å². The van der Waals surface area contributed by atoms with Crippen LogP contribution in [0.15, 0.2) is 77.7 Å². The van der Waals surface area contributed by atoms with E-state index >= 15 is 0 Å². The number of rotatable bonds is 8. The highest BCUT2D eigenvalue weighted by molar-refractivity contribution is 7.92. The van der Waals surface area contributed by atoms with E-state index in [1.807, 2.05) is 67.5 Å². The van der Waals surface area contributed by atoms with Crippen LogP contribution in [0.25, 0.3) is 0 Å². The van der Waals surface area contributed by atoms with E-state index in [1.165, 1.54) is 4.31 Å². The second kappa shape index (κ2) is 11.7. The summed E-state index contributed by atoms with van der Waals surface area (Å²) < 4.78 is 29.2. The molecule has 6 nitrogen and oxygen atoms in total. The Hall–Kier alpha value is -2.45. The molecule has 1 aliphatic rings. The van der Waals surface area contributed by atoms with Gasteiger partial charge in [0.05, 0.1) is 16.3 Å². The minimum absolute atomic E-state index is 0.227. The second-order valence-electron chi connectivity index (χ2n) is 9.13. The lowest BCUT2D eigenvalue weighted by atomic mass is 10.2. The van der Waals surface area contributed by atoms with Crippen LogP contribution in [0.3, 0.4) is 0 Å². The van der Waals surface area contributed by atoms with Gasteiger partial charge in [0.2, 0.25) is 0 Å². The van der Waals surface area contributed by atoms with Gasteiger partial charge in [-0.2, -0.15) is 0 Å². The highest BCUT2D eigenvalue weighted by Crippen LogP contribution is 2.34. The third kappa shape index (κ3) is 6.27. The molecule has 0 bridgehead atoms. The number of likely N-dealkylation sites (N-methyl/N-ethyl adjacent to an activating group) is 1. The van der Waals surface area contributed by atoms with Gasteiger partial charge < -0.3 is 14.7 Å². The zero-order chi connectivity index (χ0) is 25.7. The van der Waals surface area contributed by atoms with Crippen LogP contribution >= 0.6 is 23.2 Å². The lowest BCUT2D eigenvalue weighted by molar-refractivity contribution is 0.419. The molecule has 9 heteroatoms. The number of anilines is 3. The van der Waals surface area contributed by atoms with E-state index in [4.69, 9.17) is 23.2 Å². The van der Waals surface area contributed by atoms with Crippen LogP contribution < -0.4 is 14.1 Å². The molecule has 1 heterocycles. The van der Waals surface area contributed by atoms with Crippen molar-refractivity contribution in [3.8, 4) is 0 Å². The Balaban J connectivity index is 1.65. The SMILES string of the molecule is CN(C)CCN(c1ccccc1N1CCCN(c2ccc(Cl)cc2)CC1)S(=O)(=O)c1ccc(Cl)cc1. The summed E-state index contributed by atoms with van der Waals surface area (Å²) in [5.74, 6) is 0. The largest absolute Gasteiger partial charge is 0.370 e. The van der Waals surface area contributed by atoms with Crippen molar-refractivity contribution < 1.29 is 8.42 Å². The van der Waals surface area contributed by atoms with Crippen LogP contribution in [0.4, 0.5) is 17.1 Å². The van der Waals surface area contributed by atoms with E-state index < -0.39 is 10.0 Å². The standard InChI is InChI=1S/C27H32Cl2N4O2S/c1-30(2)18-21-33(36(34,35)25-14-10-23(29)11-15-25)27-7-4-3-6-26(27)32-17-5-16-31(19-20-32)24-12-8-22(28)9-13-24/h3-4,6-15H,5,16-21H2,1-2H3. The molecule has 0 radical (unpaired) electrons. The molecule has 1 fully saturated rings. The van der Waals surface area contributed by atoms with Crippen LogP contribution in [0.5, 0.6) is 0 Å². The summed E-state index contributed by atoms with van der Waals surface area (Å²) in [5.41, 5.74) is 2.76. The highest BCUT2D eigenvalue weighted by Gasteiger charge is 2.28. The van der Waals surface area contributed by atoms with E-state index in [-0.39, 0.29) is 4.90 Å². The Morgan fingerprint density at radius 1 is 0.750 bits per heavy atom. The smallest absolute Gasteiger partial charge is 0.264 e. The minimum atomic E-state index is -3.80. The van der Waals surface area contributed by atoms with Crippen molar-refractivity contribution in [1.29, 1.82) is 0 Å². The van der Waals surface area contributed by atoms with Crippen molar-refractivity contribution in [2.24, 2.45) is 0 Å². The fraction of sp³-hybridized carbons (Fsp3) is 0.333. The van der Waals surface area contributed by atoms with Gasteiger partial charge in [-0.1, -0.05) is 35.3 Å². The molecule has 4 rings (SSSR count). The summed E-state index contributed by atoms with van der Waals surface area (Å²) in [6, 6.07) is 22.1. The third-order valence-electron chi connectivity index (χ3n) is 6.33. The first kappa shape index (κ1) is 26.6. The summed E-state index contributed by atoms with van der Waals surface area (Å²) in [6.07, 6.45) is 0.957. The molecule has 0 unspecified atom stereocenters. The zero-order valence-corrected chi connectivity index (χ0v) is 23.0. The number of hydrogen-bond donors (Lipinski definition) is 0. The summed E-state index contributed by atoms with van der Waals surface area (Å²) in [7, 11) is 0.0910. The van der Waals surface area contributed by atoms with Crippen LogP contribution in [0.1, 0.15) is 6.42 Å². The second-order valence-corrected chi connectivity index (χ2v) is 11.9. The van der Waals surface area contributed by atoms with E-state index in [0.29, 0.717) is 23.8 Å². The van der Waals surface area contributed by atoms with Gasteiger partial charge in [-0.05, 0) is 81.2 Å². The molecule has 1 aliphatic heterocycles.